The summed E-state index contributed by atoms with van der Waals surface area (Å²) in [6.07, 6.45) is -5.05. The molecule has 0 aliphatic carbocycles. The van der Waals surface area contributed by atoms with E-state index in [-0.39, 0.29) is 12.8 Å². The Morgan fingerprint density at radius 2 is 1.55 bits per heavy atom. The maximum absolute atomic E-state index is 12.6. The molecule has 0 saturated heterocycles. The van der Waals surface area contributed by atoms with E-state index in [0.717, 1.165) is 11.1 Å². The van der Waals surface area contributed by atoms with Gasteiger partial charge in [0.05, 0.1) is 12.5 Å². The predicted molar refractivity (Wildman–Crippen MR) is 134 cm³/mol. The Hall–Kier alpha value is -4.34. The van der Waals surface area contributed by atoms with Gasteiger partial charge in [-0.15, -0.1) is 0 Å². The number of anilines is 1. The van der Waals surface area contributed by atoms with E-state index in [1.807, 2.05) is 36.2 Å². The largest absolute Gasteiger partial charge is 0.492 e. The summed E-state index contributed by atoms with van der Waals surface area (Å²) >= 11 is 0. The maximum atomic E-state index is 12.6. The topological polar surface area (TPSA) is 81.9 Å². The van der Waals surface area contributed by atoms with Crippen LogP contribution in [0.15, 0.2) is 83.3 Å². The number of halogens is 3. The predicted octanol–water partition coefficient (Wildman–Crippen LogP) is 5.38. The fourth-order valence-electron chi connectivity index (χ4n) is 3.80. The number of fused-ring (bicyclic) bond motifs is 1. The number of benzene rings is 3. The van der Waals surface area contributed by atoms with E-state index in [1.54, 1.807) is 54.6 Å². The van der Waals surface area contributed by atoms with Crippen LogP contribution in [-0.4, -0.2) is 43.3 Å². The molecule has 0 fully saturated rings. The molecule has 38 heavy (non-hydrogen) atoms. The highest BCUT2D eigenvalue weighted by atomic mass is 19.4. The SMILES string of the molecule is CN(CCOc1ccc(CC(Cc2ccccc2)C(=O)OC(=O)C(F)(F)F)cc1)c1nc2ccccc2o1. The van der Waals surface area contributed by atoms with Crippen LogP contribution in [0.2, 0.25) is 0 Å². The zero-order chi connectivity index (χ0) is 27.1. The lowest BCUT2D eigenvalue weighted by Crippen LogP contribution is -2.32. The number of oxazole rings is 1. The number of ether oxygens (including phenoxy) is 2. The quantitative estimate of drug-likeness (QED) is 0.203. The van der Waals surface area contributed by atoms with Gasteiger partial charge in [-0.25, -0.2) is 4.79 Å². The molecule has 1 unspecified atom stereocenters. The monoisotopic (exact) mass is 526 g/mol. The summed E-state index contributed by atoms with van der Waals surface area (Å²) in [5.41, 5.74) is 2.88. The lowest BCUT2D eigenvalue weighted by atomic mass is 9.92. The summed E-state index contributed by atoms with van der Waals surface area (Å²) in [5, 5.41) is 0. The number of hydrogen-bond acceptors (Lipinski definition) is 7. The number of alkyl halides is 3. The van der Waals surface area contributed by atoms with Crippen molar-refractivity contribution in [2.45, 2.75) is 19.0 Å². The van der Waals surface area contributed by atoms with Gasteiger partial charge in [0, 0.05) is 7.05 Å². The highest BCUT2D eigenvalue weighted by molar-refractivity contribution is 5.89. The molecule has 3 aromatic carbocycles. The molecular formula is C28H25F3N2O5. The van der Waals surface area contributed by atoms with Gasteiger partial charge in [-0.05, 0) is 48.2 Å². The van der Waals surface area contributed by atoms with E-state index < -0.39 is 24.0 Å². The summed E-state index contributed by atoms with van der Waals surface area (Å²) < 4.78 is 53.5. The average molecular weight is 527 g/mol. The number of aromatic nitrogens is 1. The Morgan fingerprint density at radius 1 is 0.921 bits per heavy atom. The number of rotatable bonds is 10. The minimum atomic E-state index is -5.25. The molecule has 10 heteroatoms. The molecule has 1 atom stereocenters. The first-order valence-electron chi connectivity index (χ1n) is 11.8. The molecule has 198 valence electrons. The number of likely N-dealkylation sites (N-methyl/N-ethyl adjacent to an activating group) is 1. The van der Waals surface area contributed by atoms with Crippen LogP contribution in [0.1, 0.15) is 11.1 Å². The maximum Gasteiger partial charge on any atom is 0.491 e. The van der Waals surface area contributed by atoms with Crippen LogP contribution in [-0.2, 0) is 27.2 Å². The van der Waals surface area contributed by atoms with Crippen LogP contribution in [0.4, 0.5) is 19.2 Å². The Bertz CT molecular complexity index is 1340. The second-order valence-electron chi connectivity index (χ2n) is 8.68. The van der Waals surface area contributed by atoms with Crippen molar-refractivity contribution < 1.29 is 36.7 Å². The smallest absolute Gasteiger partial charge is 0.491 e. The van der Waals surface area contributed by atoms with Gasteiger partial charge in [-0.3, -0.25) is 4.79 Å². The van der Waals surface area contributed by atoms with E-state index in [2.05, 4.69) is 9.72 Å². The van der Waals surface area contributed by atoms with E-state index in [1.165, 1.54) is 0 Å². The summed E-state index contributed by atoms with van der Waals surface area (Å²) in [5.74, 6) is -4.15. The van der Waals surface area contributed by atoms with Crippen LogP contribution in [0.25, 0.3) is 11.1 Å². The van der Waals surface area contributed by atoms with Gasteiger partial charge in [0.25, 0.3) is 6.01 Å². The van der Waals surface area contributed by atoms with E-state index in [4.69, 9.17) is 9.15 Å². The third kappa shape index (κ3) is 7.12. The van der Waals surface area contributed by atoms with Crippen molar-refractivity contribution in [2.24, 2.45) is 5.92 Å². The molecule has 0 amide bonds. The summed E-state index contributed by atoms with van der Waals surface area (Å²) in [6.45, 7) is 0.851. The summed E-state index contributed by atoms with van der Waals surface area (Å²) in [6, 6.07) is 23.6. The molecule has 0 spiro atoms. The molecule has 4 rings (SSSR count). The molecule has 1 heterocycles. The first-order valence-corrected chi connectivity index (χ1v) is 11.8. The first-order chi connectivity index (χ1) is 18.2. The van der Waals surface area contributed by atoms with E-state index in [9.17, 15) is 22.8 Å². The third-order valence-corrected chi connectivity index (χ3v) is 5.79. The highest BCUT2D eigenvalue weighted by Crippen LogP contribution is 2.23. The summed E-state index contributed by atoms with van der Waals surface area (Å²) in [4.78, 5) is 30.0. The number of esters is 2. The van der Waals surface area contributed by atoms with Crippen molar-refractivity contribution in [3.63, 3.8) is 0 Å². The van der Waals surface area contributed by atoms with Crippen LogP contribution in [0.3, 0.4) is 0 Å². The van der Waals surface area contributed by atoms with Gasteiger partial charge < -0.3 is 18.8 Å². The molecule has 4 aromatic rings. The Kier molecular flexibility index (Phi) is 8.30. The van der Waals surface area contributed by atoms with E-state index in [0.29, 0.717) is 36.1 Å². The minimum Gasteiger partial charge on any atom is -0.492 e. The molecule has 7 nitrogen and oxygen atoms in total. The summed E-state index contributed by atoms with van der Waals surface area (Å²) in [7, 11) is 1.84. The van der Waals surface area contributed by atoms with E-state index >= 15 is 0 Å². The van der Waals surface area contributed by atoms with Crippen molar-refractivity contribution in [3.05, 3.63) is 90.0 Å². The van der Waals surface area contributed by atoms with Crippen molar-refractivity contribution in [1.82, 2.24) is 4.98 Å². The Morgan fingerprint density at radius 3 is 2.21 bits per heavy atom. The number of hydrogen-bond donors (Lipinski definition) is 0. The van der Waals surface area contributed by atoms with Gasteiger partial charge in [-0.1, -0.05) is 54.6 Å². The minimum absolute atomic E-state index is 0.0829. The van der Waals surface area contributed by atoms with Crippen LogP contribution in [0.5, 0.6) is 5.75 Å². The van der Waals surface area contributed by atoms with Crippen LogP contribution >= 0.6 is 0 Å². The number of carbonyl (C=O) groups is 2. The zero-order valence-electron chi connectivity index (χ0n) is 20.5. The van der Waals surface area contributed by atoms with Gasteiger partial charge in [0.2, 0.25) is 0 Å². The second-order valence-corrected chi connectivity index (χ2v) is 8.68. The van der Waals surface area contributed by atoms with Crippen molar-refractivity contribution in [1.29, 1.82) is 0 Å². The first kappa shape index (κ1) is 26.7. The van der Waals surface area contributed by atoms with Crippen LogP contribution in [0, 0.1) is 5.92 Å². The molecule has 0 bridgehead atoms. The molecule has 1 aromatic heterocycles. The molecule has 0 aliphatic rings. The van der Waals surface area contributed by atoms with Gasteiger partial charge in [0.1, 0.15) is 17.9 Å². The average Bonchev–Trinajstić information content (AvgIpc) is 3.34. The fraction of sp³-hybridized carbons (Fsp3) is 0.250. The van der Waals surface area contributed by atoms with Gasteiger partial charge in [-0.2, -0.15) is 18.2 Å². The normalized spacial score (nSPS) is 12.2. The Balaban J connectivity index is 1.34. The standard InChI is InChI=1S/C28H25F3N2O5/c1-33(27-32-23-9-5-6-10-24(23)37-27)15-16-36-22-13-11-20(12-14-22)18-21(17-19-7-3-2-4-8-19)25(34)38-26(35)28(29,30)31/h2-14,21H,15-18H2,1H3. The second kappa shape index (κ2) is 11.8. The zero-order valence-corrected chi connectivity index (χ0v) is 20.5. The molecule has 0 radical (unpaired) electrons. The van der Waals surface area contributed by atoms with Crippen molar-refractivity contribution in [2.75, 3.05) is 25.1 Å². The number of para-hydroxylation sites is 2. The van der Waals surface area contributed by atoms with Gasteiger partial charge in [0.15, 0.2) is 5.58 Å². The Labute approximate surface area is 216 Å². The van der Waals surface area contributed by atoms with Gasteiger partial charge >= 0.3 is 18.1 Å². The van der Waals surface area contributed by atoms with Crippen molar-refractivity contribution >= 4 is 29.1 Å². The highest BCUT2D eigenvalue weighted by Gasteiger charge is 2.43. The molecule has 0 N–H and O–H groups in total. The molecular weight excluding hydrogens is 501 g/mol. The third-order valence-electron chi connectivity index (χ3n) is 5.79. The number of carbonyl (C=O) groups excluding carboxylic acids is 2. The molecule has 0 saturated carbocycles. The lowest BCUT2D eigenvalue weighted by Gasteiger charge is -2.17. The lowest BCUT2D eigenvalue weighted by molar-refractivity contribution is -0.203. The number of nitrogens with zero attached hydrogens (tertiary/aromatic N) is 2. The molecule has 0 aliphatic heterocycles. The fourth-order valence-corrected chi connectivity index (χ4v) is 3.80. The van der Waals surface area contributed by atoms with Crippen LogP contribution < -0.4 is 9.64 Å². The van der Waals surface area contributed by atoms with Crippen molar-refractivity contribution in [3.8, 4) is 5.75 Å².